The molecule has 0 N–H and O–H groups in total. The molecule has 5 nitrogen and oxygen atoms in total. The van der Waals surface area contributed by atoms with Crippen LogP contribution in [0.15, 0.2) is 41.3 Å². The summed E-state index contributed by atoms with van der Waals surface area (Å²) in [6, 6.07) is 9.33. The summed E-state index contributed by atoms with van der Waals surface area (Å²) >= 11 is 6.00. The Morgan fingerprint density at radius 2 is 1.78 bits per heavy atom. The van der Waals surface area contributed by atoms with Crippen molar-refractivity contribution >= 4 is 33.2 Å². The van der Waals surface area contributed by atoms with E-state index >= 15 is 0 Å². The molecule has 2 aromatic rings. The summed E-state index contributed by atoms with van der Waals surface area (Å²) in [6.07, 6.45) is 3.05. The molecule has 2 aromatic carbocycles. The van der Waals surface area contributed by atoms with Crippen LogP contribution in [0.5, 0.6) is 0 Å². The van der Waals surface area contributed by atoms with E-state index in [0.717, 1.165) is 37.1 Å². The van der Waals surface area contributed by atoms with Gasteiger partial charge in [0.25, 0.3) is 0 Å². The van der Waals surface area contributed by atoms with Crippen molar-refractivity contribution in [2.24, 2.45) is 0 Å². The molecular formula is C20H19ClO5S. The van der Waals surface area contributed by atoms with E-state index in [9.17, 15) is 18.0 Å². The second-order valence-corrected chi connectivity index (χ2v) is 9.09. The predicted octanol–water partition coefficient (Wildman–Crippen LogP) is 3.66. The lowest BCUT2D eigenvalue weighted by Gasteiger charge is -2.14. The van der Waals surface area contributed by atoms with Gasteiger partial charge in [0, 0.05) is 11.8 Å². The Morgan fingerprint density at radius 3 is 2.48 bits per heavy atom. The van der Waals surface area contributed by atoms with E-state index < -0.39 is 21.9 Å². The number of carbonyl (C=O) groups excluding carboxylic acids is 2. The Balaban J connectivity index is 1.78. The molecule has 0 bridgehead atoms. The fourth-order valence-corrected chi connectivity index (χ4v) is 3.97. The lowest BCUT2D eigenvalue weighted by molar-refractivity contribution is 0.0318. The standard InChI is InChI=1S/C20H19ClO5S/c1-12(19(22)15-7-6-13-4-3-5-14(13)10-15)26-20(23)17-11-16(27(2,24)25)8-9-18(17)21/h6-12H,3-5H2,1-2H3/t12-/m1/s1. The van der Waals surface area contributed by atoms with Crippen LogP contribution in [0.2, 0.25) is 5.02 Å². The molecule has 1 aliphatic rings. The van der Waals surface area contributed by atoms with Crippen molar-refractivity contribution in [3.05, 3.63) is 63.7 Å². The predicted molar refractivity (Wildman–Crippen MR) is 102 cm³/mol. The Morgan fingerprint density at radius 1 is 1.07 bits per heavy atom. The van der Waals surface area contributed by atoms with Gasteiger partial charge in [0.1, 0.15) is 0 Å². The van der Waals surface area contributed by atoms with Gasteiger partial charge in [0.15, 0.2) is 15.9 Å². The van der Waals surface area contributed by atoms with Gasteiger partial charge in [-0.1, -0.05) is 23.7 Å². The number of aryl methyl sites for hydroxylation is 2. The number of hydrogen-bond donors (Lipinski definition) is 0. The first-order valence-corrected chi connectivity index (χ1v) is 10.8. The number of ether oxygens (including phenoxy) is 1. The fraction of sp³-hybridized carbons (Fsp3) is 0.300. The molecule has 27 heavy (non-hydrogen) atoms. The monoisotopic (exact) mass is 406 g/mol. The Hall–Kier alpha value is -2.18. The van der Waals surface area contributed by atoms with E-state index in [0.29, 0.717) is 5.56 Å². The van der Waals surface area contributed by atoms with Crippen LogP contribution in [0.3, 0.4) is 0 Å². The third-order valence-electron chi connectivity index (χ3n) is 4.62. The van der Waals surface area contributed by atoms with Gasteiger partial charge in [-0.25, -0.2) is 13.2 Å². The highest BCUT2D eigenvalue weighted by Crippen LogP contribution is 2.25. The van der Waals surface area contributed by atoms with Gasteiger partial charge < -0.3 is 4.74 Å². The zero-order valence-electron chi connectivity index (χ0n) is 15.0. The third-order valence-corrected chi connectivity index (χ3v) is 6.06. The highest BCUT2D eigenvalue weighted by Gasteiger charge is 2.24. The molecule has 0 unspecified atom stereocenters. The van der Waals surface area contributed by atoms with Crippen molar-refractivity contribution in [1.29, 1.82) is 0 Å². The molecule has 1 atom stereocenters. The molecule has 0 fully saturated rings. The Labute approximate surface area is 163 Å². The van der Waals surface area contributed by atoms with E-state index in [-0.39, 0.29) is 21.3 Å². The van der Waals surface area contributed by atoms with Gasteiger partial charge in [-0.3, -0.25) is 4.79 Å². The number of esters is 1. The van der Waals surface area contributed by atoms with Gasteiger partial charge in [-0.2, -0.15) is 0 Å². The van der Waals surface area contributed by atoms with Gasteiger partial charge in [-0.05, 0) is 61.6 Å². The Bertz CT molecular complexity index is 1030. The van der Waals surface area contributed by atoms with Crippen molar-refractivity contribution in [3.8, 4) is 0 Å². The van der Waals surface area contributed by atoms with Crippen molar-refractivity contribution < 1.29 is 22.7 Å². The number of ketones is 1. The first-order chi connectivity index (χ1) is 12.7. The molecule has 3 rings (SSSR count). The topological polar surface area (TPSA) is 77.5 Å². The van der Waals surface area contributed by atoms with Gasteiger partial charge in [0.2, 0.25) is 5.78 Å². The van der Waals surface area contributed by atoms with E-state index in [4.69, 9.17) is 16.3 Å². The number of hydrogen-bond acceptors (Lipinski definition) is 5. The average molecular weight is 407 g/mol. The maximum atomic E-state index is 12.6. The van der Waals surface area contributed by atoms with Crippen LogP contribution >= 0.6 is 11.6 Å². The molecular weight excluding hydrogens is 388 g/mol. The quantitative estimate of drug-likeness (QED) is 0.559. The van der Waals surface area contributed by atoms with E-state index in [2.05, 4.69) is 0 Å². The van der Waals surface area contributed by atoms with E-state index in [1.165, 1.54) is 24.6 Å². The molecule has 0 saturated carbocycles. The molecule has 1 aliphatic carbocycles. The molecule has 0 aromatic heterocycles. The van der Waals surface area contributed by atoms with Gasteiger partial charge >= 0.3 is 5.97 Å². The van der Waals surface area contributed by atoms with Crippen LogP contribution in [-0.4, -0.2) is 32.5 Å². The van der Waals surface area contributed by atoms with Crippen molar-refractivity contribution in [1.82, 2.24) is 0 Å². The number of sulfone groups is 1. The summed E-state index contributed by atoms with van der Waals surface area (Å²) in [4.78, 5) is 25.0. The smallest absolute Gasteiger partial charge is 0.340 e. The minimum atomic E-state index is -3.50. The first-order valence-electron chi connectivity index (χ1n) is 8.53. The highest BCUT2D eigenvalue weighted by molar-refractivity contribution is 7.90. The first kappa shape index (κ1) is 19.6. The zero-order valence-corrected chi connectivity index (χ0v) is 16.6. The largest absolute Gasteiger partial charge is 0.451 e. The van der Waals surface area contributed by atoms with Crippen LogP contribution < -0.4 is 0 Å². The minimum absolute atomic E-state index is 0.0450. The highest BCUT2D eigenvalue weighted by atomic mass is 35.5. The van der Waals surface area contributed by atoms with Crippen LogP contribution in [0, 0.1) is 0 Å². The lowest BCUT2D eigenvalue weighted by atomic mass is 10.0. The molecule has 7 heteroatoms. The van der Waals surface area contributed by atoms with Crippen LogP contribution in [0.1, 0.15) is 45.2 Å². The number of Topliss-reactive ketones (excluding diaryl/α,β-unsaturated/α-hetero) is 1. The maximum absolute atomic E-state index is 12.6. The van der Waals surface area contributed by atoms with Crippen molar-refractivity contribution in [2.75, 3.05) is 6.26 Å². The SMILES string of the molecule is C[C@@H](OC(=O)c1cc(S(C)(=O)=O)ccc1Cl)C(=O)c1ccc2c(c1)CCC2. The van der Waals surface area contributed by atoms with Crippen molar-refractivity contribution in [2.45, 2.75) is 37.2 Å². The second-order valence-electron chi connectivity index (χ2n) is 6.66. The number of fused-ring (bicyclic) bond motifs is 1. The normalized spacial score (nSPS) is 14.5. The number of rotatable bonds is 5. The van der Waals surface area contributed by atoms with E-state index in [1.54, 1.807) is 6.07 Å². The maximum Gasteiger partial charge on any atom is 0.340 e. The van der Waals surface area contributed by atoms with E-state index in [1.807, 2.05) is 12.1 Å². The zero-order chi connectivity index (χ0) is 19.8. The third kappa shape index (κ3) is 4.22. The second kappa shape index (κ2) is 7.44. The number of halogens is 1. The molecule has 0 heterocycles. The molecule has 0 saturated heterocycles. The summed E-state index contributed by atoms with van der Waals surface area (Å²) in [6.45, 7) is 1.49. The number of carbonyl (C=O) groups is 2. The number of benzene rings is 2. The van der Waals surface area contributed by atoms with Crippen molar-refractivity contribution in [3.63, 3.8) is 0 Å². The molecule has 0 amide bonds. The summed E-state index contributed by atoms with van der Waals surface area (Å²) < 4.78 is 28.6. The summed E-state index contributed by atoms with van der Waals surface area (Å²) in [5, 5.41) is 0.0598. The minimum Gasteiger partial charge on any atom is -0.451 e. The summed E-state index contributed by atoms with van der Waals surface area (Å²) in [5.41, 5.74) is 2.81. The van der Waals surface area contributed by atoms with Crippen LogP contribution in [0.25, 0.3) is 0 Å². The summed E-state index contributed by atoms with van der Waals surface area (Å²) in [7, 11) is -3.50. The Kier molecular flexibility index (Phi) is 5.40. The van der Waals surface area contributed by atoms with Gasteiger partial charge in [0.05, 0.1) is 15.5 Å². The van der Waals surface area contributed by atoms with Crippen LogP contribution in [0.4, 0.5) is 0 Å². The lowest BCUT2D eigenvalue weighted by Crippen LogP contribution is -2.25. The molecule has 0 aliphatic heterocycles. The average Bonchev–Trinajstić information content (AvgIpc) is 3.07. The molecule has 0 spiro atoms. The van der Waals surface area contributed by atoms with Crippen LogP contribution in [-0.2, 0) is 27.4 Å². The molecule has 142 valence electrons. The van der Waals surface area contributed by atoms with Gasteiger partial charge in [-0.15, -0.1) is 0 Å². The summed E-state index contributed by atoms with van der Waals surface area (Å²) in [5.74, 6) is -1.15. The molecule has 0 radical (unpaired) electrons. The fourth-order valence-electron chi connectivity index (χ4n) is 3.13.